The van der Waals surface area contributed by atoms with E-state index in [-0.39, 0.29) is 6.85 Å². The first-order chi connectivity index (χ1) is 32.7. The number of hydrogen-bond donors (Lipinski definition) is 0. The van der Waals surface area contributed by atoms with Gasteiger partial charge in [0.1, 0.15) is 11.2 Å². The van der Waals surface area contributed by atoms with Crippen LogP contribution in [0.1, 0.15) is 0 Å². The van der Waals surface area contributed by atoms with Crippen LogP contribution in [0.5, 0.6) is 0 Å². The van der Waals surface area contributed by atoms with Gasteiger partial charge in [-0.1, -0.05) is 169 Å². The van der Waals surface area contributed by atoms with Gasteiger partial charge in [-0.15, -0.1) is 0 Å². The lowest BCUT2D eigenvalue weighted by atomic mass is 9.43. The van der Waals surface area contributed by atoms with Crippen LogP contribution < -0.4 is 15.7 Å². The molecule has 3 aliphatic rings. The number of fused-ring (bicyclic) bond motifs is 13. The highest BCUT2D eigenvalue weighted by atomic mass is 32.2. The molecule has 3 nitrogen and oxygen atoms in total. The Labute approximate surface area is 390 Å². The summed E-state index contributed by atoms with van der Waals surface area (Å²) in [5, 5.41) is 4.76. The maximum atomic E-state index is 7.13. The molecule has 66 heavy (non-hydrogen) atoms. The maximum absolute atomic E-state index is 7.13. The van der Waals surface area contributed by atoms with E-state index < -0.39 is 0 Å². The number of furan rings is 1. The SMILES string of the molecule is c1ccc(-c2ccc(N3B4c5c(cc6c(oc7ccccc76)c5-c5cc6c(cc53)Sc3ccccc3S6)-n3c5ccc(-c6ccccc6)cc5c5cc(-c6ccccc6)cc4c53)cc2)cc1. The smallest absolute Gasteiger partial charge is 0.333 e. The van der Waals surface area contributed by atoms with E-state index in [9.17, 15) is 0 Å². The molecule has 15 rings (SSSR count). The molecule has 0 aliphatic carbocycles. The van der Waals surface area contributed by atoms with Crippen LogP contribution in [-0.2, 0) is 0 Å². The minimum atomic E-state index is -0.189. The van der Waals surface area contributed by atoms with Gasteiger partial charge in [-0.2, -0.15) is 0 Å². The van der Waals surface area contributed by atoms with E-state index in [1.165, 1.54) is 108 Å². The molecule has 2 aromatic heterocycles. The molecule has 0 saturated heterocycles. The molecule has 0 N–H and O–H groups in total. The topological polar surface area (TPSA) is 21.3 Å². The van der Waals surface area contributed by atoms with E-state index in [2.05, 4.69) is 222 Å². The number of aromatic nitrogens is 1. The van der Waals surface area contributed by atoms with Gasteiger partial charge in [0.2, 0.25) is 0 Å². The van der Waals surface area contributed by atoms with Gasteiger partial charge in [0.15, 0.2) is 0 Å². The van der Waals surface area contributed by atoms with Crippen molar-refractivity contribution >= 4 is 96.4 Å². The molecule has 0 radical (unpaired) electrons. The molecule has 12 aromatic rings. The summed E-state index contributed by atoms with van der Waals surface area (Å²) in [5.41, 5.74) is 19.9. The molecule has 0 atom stereocenters. The zero-order valence-electron chi connectivity index (χ0n) is 35.4. The van der Waals surface area contributed by atoms with Crippen LogP contribution in [0.4, 0.5) is 11.4 Å². The van der Waals surface area contributed by atoms with E-state index in [0.29, 0.717) is 0 Å². The van der Waals surface area contributed by atoms with Crippen LogP contribution in [0.3, 0.4) is 0 Å². The predicted octanol–water partition coefficient (Wildman–Crippen LogP) is 15.5. The molecule has 0 spiro atoms. The zero-order valence-corrected chi connectivity index (χ0v) is 37.0. The Hall–Kier alpha value is -7.64. The molecule has 306 valence electrons. The van der Waals surface area contributed by atoms with Gasteiger partial charge in [0.05, 0.1) is 11.0 Å². The minimum Gasteiger partial charge on any atom is -0.455 e. The van der Waals surface area contributed by atoms with Gasteiger partial charge in [-0.25, -0.2) is 0 Å². The fourth-order valence-electron chi connectivity index (χ4n) is 11.1. The third-order valence-corrected chi connectivity index (χ3v) is 16.5. The van der Waals surface area contributed by atoms with Crippen molar-refractivity contribution in [2.24, 2.45) is 0 Å². The summed E-state index contributed by atoms with van der Waals surface area (Å²) in [7, 11) is 0. The van der Waals surface area contributed by atoms with Crippen molar-refractivity contribution in [1.82, 2.24) is 4.57 Å². The monoisotopic (exact) mass is 874 g/mol. The summed E-state index contributed by atoms with van der Waals surface area (Å²) in [6.07, 6.45) is 0. The Bertz CT molecular complexity index is 3990. The van der Waals surface area contributed by atoms with Crippen LogP contribution in [-0.4, -0.2) is 11.4 Å². The van der Waals surface area contributed by atoms with E-state index in [1.807, 2.05) is 23.5 Å². The van der Waals surface area contributed by atoms with Crippen LogP contribution >= 0.6 is 23.5 Å². The molecule has 6 heteroatoms. The second kappa shape index (κ2) is 13.9. The van der Waals surface area contributed by atoms with Gasteiger partial charge in [0.25, 0.3) is 0 Å². The Morgan fingerprint density at radius 3 is 1.73 bits per heavy atom. The molecule has 0 amide bonds. The fraction of sp³-hybridized carbons (Fsp3) is 0. The fourth-order valence-corrected chi connectivity index (χ4v) is 13.4. The summed E-state index contributed by atoms with van der Waals surface area (Å²) in [5.74, 6) is 0. The highest BCUT2D eigenvalue weighted by Crippen LogP contribution is 2.55. The van der Waals surface area contributed by atoms with Crippen LogP contribution in [0.15, 0.2) is 236 Å². The van der Waals surface area contributed by atoms with E-state index >= 15 is 0 Å². The number of rotatable bonds is 4. The minimum absolute atomic E-state index is 0.189. The first kappa shape index (κ1) is 36.7. The second-order valence-corrected chi connectivity index (χ2v) is 19.7. The van der Waals surface area contributed by atoms with Crippen LogP contribution in [0.25, 0.3) is 93.9 Å². The number of nitrogens with zero attached hydrogens (tertiary/aromatic N) is 2. The average Bonchev–Trinajstić information content (AvgIpc) is 3.92. The van der Waals surface area contributed by atoms with Crippen LogP contribution in [0.2, 0.25) is 0 Å². The van der Waals surface area contributed by atoms with Crippen molar-refractivity contribution in [3.8, 4) is 50.2 Å². The van der Waals surface area contributed by atoms with Gasteiger partial charge < -0.3 is 13.8 Å². The van der Waals surface area contributed by atoms with Gasteiger partial charge in [0, 0.05) is 69.3 Å². The number of para-hydroxylation sites is 1. The van der Waals surface area contributed by atoms with Gasteiger partial charge in [-0.3, -0.25) is 0 Å². The first-order valence-corrected chi connectivity index (χ1v) is 24.1. The van der Waals surface area contributed by atoms with Crippen LogP contribution in [0, 0.1) is 0 Å². The summed E-state index contributed by atoms with van der Waals surface area (Å²) in [6, 6.07) is 78.4. The van der Waals surface area contributed by atoms with Gasteiger partial charge in [-0.05, 0) is 111 Å². The lowest BCUT2D eigenvalue weighted by molar-refractivity contribution is 0.670. The maximum Gasteiger partial charge on any atom is 0.333 e. The van der Waals surface area contributed by atoms with Crippen molar-refractivity contribution in [3.63, 3.8) is 0 Å². The van der Waals surface area contributed by atoms with Crippen molar-refractivity contribution < 1.29 is 4.42 Å². The molecule has 10 aromatic carbocycles. The second-order valence-electron chi connectivity index (χ2n) is 17.6. The highest BCUT2D eigenvalue weighted by Gasteiger charge is 2.46. The number of anilines is 2. The Morgan fingerprint density at radius 1 is 0.409 bits per heavy atom. The van der Waals surface area contributed by atoms with Crippen molar-refractivity contribution in [2.45, 2.75) is 19.6 Å². The summed E-state index contributed by atoms with van der Waals surface area (Å²) < 4.78 is 9.72. The Morgan fingerprint density at radius 2 is 1.00 bits per heavy atom. The third-order valence-electron chi connectivity index (χ3n) is 14.0. The predicted molar refractivity (Wildman–Crippen MR) is 278 cm³/mol. The van der Waals surface area contributed by atoms with E-state index in [1.54, 1.807) is 0 Å². The van der Waals surface area contributed by atoms with E-state index in [0.717, 1.165) is 27.6 Å². The lowest BCUT2D eigenvalue weighted by Crippen LogP contribution is -2.60. The van der Waals surface area contributed by atoms with Crippen molar-refractivity contribution in [1.29, 1.82) is 0 Å². The third kappa shape index (κ3) is 5.25. The summed E-state index contributed by atoms with van der Waals surface area (Å²) in [4.78, 5) is 7.77. The average molecular weight is 875 g/mol. The Balaban J connectivity index is 1.10. The standard InChI is InChI=1S/C60H35BN2OS2/c1-4-14-36(15-5-1)39-24-27-42(28-25-39)63-50-35-56-55(65-53-22-12-13-23-54(53)66-56)34-47(50)57-58-51(33-46-43-20-10-11-21-52(43)64-60(46)57)62-49-29-26-40(37-16-6-2-7-17-37)30-44(49)45-31-41(38-18-8-3-9-19-38)32-48(59(45)62)61(58)63/h1-35H. The molecular weight excluding hydrogens is 840 g/mol. The van der Waals surface area contributed by atoms with E-state index in [4.69, 9.17) is 4.42 Å². The zero-order chi connectivity index (χ0) is 43.0. The highest BCUT2D eigenvalue weighted by molar-refractivity contribution is 8.05. The Kier molecular flexibility index (Phi) is 7.74. The van der Waals surface area contributed by atoms with Crippen molar-refractivity contribution in [3.05, 3.63) is 212 Å². The number of benzene rings is 10. The summed E-state index contributed by atoms with van der Waals surface area (Å²) in [6.45, 7) is -0.189. The van der Waals surface area contributed by atoms with Crippen molar-refractivity contribution in [2.75, 3.05) is 4.81 Å². The number of hydrogen-bond acceptors (Lipinski definition) is 4. The molecule has 3 aliphatic heterocycles. The molecule has 0 unspecified atom stereocenters. The summed E-state index contributed by atoms with van der Waals surface area (Å²) >= 11 is 3.75. The lowest BCUT2D eigenvalue weighted by Gasteiger charge is -2.42. The molecule has 0 fully saturated rings. The molecular formula is C60H35BN2OS2. The quantitative estimate of drug-likeness (QED) is 0.164. The molecule has 0 saturated carbocycles. The normalized spacial score (nSPS) is 13.3. The molecule has 0 bridgehead atoms. The molecule has 5 heterocycles. The first-order valence-electron chi connectivity index (χ1n) is 22.5. The van der Waals surface area contributed by atoms with Gasteiger partial charge >= 0.3 is 6.85 Å². The largest absolute Gasteiger partial charge is 0.455 e.